The summed E-state index contributed by atoms with van der Waals surface area (Å²) in [6.07, 6.45) is 0. The predicted molar refractivity (Wildman–Crippen MR) is 81.2 cm³/mol. The number of aryl methyl sites for hydroxylation is 1. The second-order valence-electron chi connectivity index (χ2n) is 4.39. The molecule has 100 valence electrons. The molecule has 0 bridgehead atoms. The summed E-state index contributed by atoms with van der Waals surface area (Å²) in [5.74, 6) is 0.812. The van der Waals surface area contributed by atoms with Crippen LogP contribution < -0.4 is 5.32 Å². The third-order valence-electron chi connectivity index (χ3n) is 2.93. The number of nitrogens with one attached hydrogen (secondary N) is 1. The molecule has 2 aromatic heterocycles. The highest BCUT2D eigenvalue weighted by Gasteiger charge is 2.13. The standard InChI is InChI=1S/C16H13NO2S/c1-11-8-9-14(19-11)16(18)17-13-6-3-2-5-12(13)15-7-4-10-20-15/h2-10H,1H3,(H,17,18). The van der Waals surface area contributed by atoms with Crippen molar-refractivity contribution in [1.82, 2.24) is 0 Å². The van der Waals surface area contributed by atoms with Gasteiger partial charge >= 0.3 is 0 Å². The molecule has 0 aliphatic carbocycles. The van der Waals surface area contributed by atoms with E-state index >= 15 is 0 Å². The molecule has 1 amide bonds. The van der Waals surface area contributed by atoms with Gasteiger partial charge < -0.3 is 9.73 Å². The molecule has 0 aliphatic rings. The number of amides is 1. The molecule has 3 aromatic rings. The van der Waals surface area contributed by atoms with E-state index in [2.05, 4.69) is 5.32 Å². The van der Waals surface area contributed by atoms with Crippen molar-refractivity contribution in [3.05, 3.63) is 65.4 Å². The molecule has 0 spiro atoms. The number of carbonyl (C=O) groups is 1. The smallest absolute Gasteiger partial charge is 0.291 e. The maximum atomic E-state index is 12.1. The Hall–Kier alpha value is -2.33. The molecule has 20 heavy (non-hydrogen) atoms. The number of para-hydroxylation sites is 1. The van der Waals surface area contributed by atoms with E-state index in [1.165, 1.54) is 0 Å². The molecule has 4 heteroatoms. The van der Waals surface area contributed by atoms with E-state index in [0.29, 0.717) is 5.76 Å². The van der Waals surface area contributed by atoms with Gasteiger partial charge in [-0.05, 0) is 36.6 Å². The van der Waals surface area contributed by atoms with E-state index < -0.39 is 0 Å². The SMILES string of the molecule is Cc1ccc(C(=O)Nc2ccccc2-c2cccs2)o1. The Labute approximate surface area is 120 Å². The molecule has 0 saturated carbocycles. The zero-order valence-electron chi connectivity index (χ0n) is 10.9. The molecule has 0 atom stereocenters. The summed E-state index contributed by atoms with van der Waals surface area (Å²) < 4.78 is 5.34. The Balaban J connectivity index is 1.90. The predicted octanol–water partition coefficient (Wildman–Crippen LogP) is 4.57. The first-order valence-corrected chi connectivity index (χ1v) is 7.13. The lowest BCUT2D eigenvalue weighted by Crippen LogP contribution is -2.11. The lowest BCUT2D eigenvalue weighted by atomic mass is 10.1. The molecular weight excluding hydrogens is 270 g/mol. The van der Waals surface area contributed by atoms with Crippen LogP contribution >= 0.6 is 11.3 Å². The van der Waals surface area contributed by atoms with Crippen LogP contribution in [-0.4, -0.2) is 5.91 Å². The Bertz CT molecular complexity index is 729. The van der Waals surface area contributed by atoms with Gasteiger partial charge in [0.1, 0.15) is 5.76 Å². The minimum Gasteiger partial charge on any atom is -0.456 e. The van der Waals surface area contributed by atoms with Gasteiger partial charge in [0, 0.05) is 16.1 Å². The van der Waals surface area contributed by atoms with E-state index in [0.717, 1.165) is 21.9 Å². The van der Waals surface area contributed by atoms with Crippen molar-refractivity contribution < 1.29 is 9.21 Å². The highest BCUT2D eigenvalue weighted by molar-refractivity contribution is 7.13. The number of rotatable bonds is 3. The molecule has 0 unspecified atom stereocenters. The summed E-state index contributed by atoms with van der Waals surface area (Å²) in [7, 11) is 0. The van der Waals surface area contributed by atoms with E-state index in [1.54, 1.807) is 23.5 Å². The number of furan rings is 1. The van der Waals surface area contributed by atoms with Crippen LogP contribution in [0.3, 0.4) is 0 Å². The van der Waals surface area contributed by atoms with Crippen molar-refractivity contribution >= 4 is 22.9 Å². The van der Waals surface area contributed by atoms with Crippen molar-refractivity contribution in [3.8, 4) is 10.4 Å². The van der Waals surface area contributed by atoms with Crippen molar-refractivity contribution in [2.24, 2.45) is 0 Å². The molecule has 3 rings (SSSR count). The van der Waals surface area contributed by atoms with Gasteiger partial charge in [0.2, 0.25) is 0 Å². The Morgan fingerprint density at radius 2 is 1.95 bits per heavy atom. The second-order valence-corrected chi connectivity index (χ2v) is 5.34. The molecule has 1 aromatic carbocycles. The lowest BCUT2D eigenvalue weighted by Gasteiger charge is -2.08. The van der Waals surface area contributed by atoms with Crippen LogP contribution in [0.2, 0.25) is 0 Å². The van der Waals surface area contributed by atoms with Crippen molar-refractivity contribution in [2.45, 2.75) is 6.92 Å². The van der Waals surface area contributed by atoms with Crippen molar-refractivity contribution in [3.63, 3.8) is 0 Å². The summed E-state index contributed by atoms with van der Waals surface area (Å²) in [6.45, 7) is 1.82. The first-order chi connectivity index (χ1) is 9.74. The first-order valence-electron chi connectivity index (χ1n) is 6.25. The zero-order chi connectivity index (χ0) is 13.9. The maximum absolute atomic E-state index is 12.1. The van der Waals surface area contributed by atoms with Gasteiger partial charge in [-0.3, -0.25) is 4.79 Å². The summed E-state index contributed by atoms with van der Waals surface area (Å²) >= 11 is 1.64. The Kier molecular flexibility index (Phi) is 3.39. The van der Waals surface area contributed by atoms with Gasteiger partial charge in [-0.15, -0.1) is 11.3 Å². The van der Waals surface area contributed by atoms with Crippen molar-refractivity contribution in [1.29, 1.82) is 0 Å². The average molecular weight is 283 g/mol. The highest BCUT2D eigenvalue weighted by Crippen LogP contribution is 2.31. The number of benzene rings is 1. The van der Waals surface area contributed by atoms with E-state index in [4.69, 9.17) is 4.42 Å². The zero-order valence-corrected chi connectivity index (χ0v) is 11.7. The largest absolute Gasteiger partial charge is 0.456 e. The van der Waals surface area contributed by atoms with Gasteiger partial charge in [0.15, 0.2) is 5.76 Å². The summed E-state index contributed by atoms with van der Waals surface area (Å²) in [6, 6.07) is 15.2. The second kappa shape index (κ2) is 5.35. The number of anilines is 1. The normalized spacial score (nSPS) is 10.4. The van der Waals surface area contributed by atoms with E-state index in [9.17, 15) is 4.79 Å². The maximum Gasteiger partial charge on any atom is 0.291 e. The molecular formula is C16H13NO2S. The van der Waals surface area contributed by atoms with Crippen molar-refractivity contribution in [2.75, 3.05) is 5.32 Å². The van der Waals surface area contributed by atoms with Gasteiger partial charge in [0.05, 0.1) is 0 Å². The average Bonchev–Trinajstić information content (AvgIpc) is 3.10. The highest BCUT2D eigenvalue weighted by atomic mass is 32.1. The fourth-order valence-electron chi connectivity index (χ4n) is 1.98. The number of thiophene rings is 1. The molecule has 0 aliphatic heterocycles. The molecule has 1 N–H and O–H groups in total. The van der Waals surface area contributed by atoms with Crippen LogP contribution in [0, 0.1) is 6.92 Å². The third-order valence-corrected chi connectivity index (χ3v) is 3.83. The topological polar surface area (TPSA) is 42.2 Å². The van der Waals surface area contributed by atoms with Crippen LogP contribution in [0.15, 0.2) is 58.3 Å². The molecule has 2 heterocycles. The monoisotopic (exact) mass is 283 g/mol. The van der Waals surface area contributed by atoms with Gasteiger partial charge in [-0.1, -0.05) is 24.3 Å². The minimum atomic E-state index is -0.234. The number of hydrogen-bond donors (Lipinski definition) is 1. The Morgan fingerprint density at radius 1 is 1.10 bits per heavy atom. The van der Waals surface area contributed by atoms with Gasteiger partial charge in [-0.2, -0.15) is 0 Å². The van der Waals surface area contributed by atoms with Crippen LogP contribution in [-0.2, 0) is 0 Å². The number of hydrogen-bond acceptors (Lipinski definition) is 3. The quantitative estimate of drug-likeness (QED) is 0.765. The van der Waals surface area contributed by atoms with Crippen LogP contribution in [0.4, 0.5) is 5.69 Å². The van der Waals surface area contributed by atoms with Crippen LogP contribution in [0.5, 0.6) is 0 Å². The fourth-order valence-corrected chi connectivity index (χ4v) is 2.75. The van der Waals surface area contributed by atoms with E-state index in [-0.39, 0.29) is 5.91 Å². The third kappa shape index (κ3) is 2.51. The fraction of sp³-hybridized carbons (Fsp3) is 0.0625. The summed E-state index contributed by atoms with van der Waals surface area (Å²) in [4.78, 5) is 13.3. The first kappa shape index (κ1) is 12.7. The Morgan fingerprint density at radius 3 is 2.65 bits per heavy atom. The van der Waals surface area contributed by atoms with Gasteiger partial charge in [0.25, 0.3) is 5.91 Å². The van der Waals surface area contributed by atoms with Crippen LogP contribution in [0.25, 0.3) is 10.4 Å². The molecule has 0 saturated heterocycles. The molecule has 3 nitrogen and oxygen atoms in total. The molecule has 0 fully saturated rings. The molecule has 0 radical (unpaired) electrons. The van der Waals surface area contributed by atoms with Crippen LogP contribution in [0.1, 0.15) is 16.3 Å². The van der Waals surface area contributed by atoms with Gasteiger partial charge in [-0.25, -0.2) is 0 Å². The van der Waals surface area contributed by atoms with E-state index in [1.807, 2.05) is 48.7 Å². The summed E-state index contributed by atoms with van der Waals surface area (Å²) in [5.41, 5.74) is 1.80. The lowest BCUT2D eigenvalue weighted by molar-refractivity contribution is 0.0995. The number of carbonyl (C=O) groups excluding carboxylic acids is 1. The summed E-state index contributed by atoms with van der Waals surface area (Å²) in [5, 5.41) is 4.92. The minimum absolute atomic E-state index is 0.234.